The van der Waals surface area contributed by atoms with Gasteiger partial charge in [0.05, 0.1) is 18.4 Å². The Kier molecular flexibility index (Phi) is 6.80. The van der Waals surface area contributed by atoms with Gasteiger partial charge < -0.3 is 15.8 Å². The largest absolute Gasteiger partial charge is 0.480 e. The first kappa shape index (κ1) is 24.9. The van der Waals surface area contributed by atoms with E-state index in [4.69, 9.17) is 22.1 Å². The quantitative estimate of drug-likeness (QED) is 0.353. The van der Waals surface area contributed by atoms with Gasteiger partial charge in [0.15, 0.2) is 11.6 Å². The molecule has 0 radical (unpaired) electrons. The molecule has 3 aromatic heterocycles. The lowest BCUT2D eigenvalue weighted by Crippen LogP contribution is -2.26. The Balaban J connectivity index is 1.61. The number of nitrogens with two attached hydrogens (primary N) is 1. The van der Waals surface area contributed by atoms with Gasteiger partial charge in [0, 0.05) is 35.3 Å². The Morgan fingerprint density at radius 3 is 2.56 bits per heavy atom. The highest BCUT2D eigenvalue weighted by molar-refractivity contribution is 6.30. The number of pyridine rings is 1. The molecule has 1 aromatic carbocycles. The van der Waals surface area contributed by atoms with Crippen LogP contribution < -0.4 is 15.8 Å². The summed E-state index contributed by atoms with van der Waals surface area (Å²) < 4.78 is 47.1. The number of rotatable bonds is 7. The van der Waals surface area contributed by atoms with Crippen molar-refractivity contribution in [1.82, 2.24) is 24.9 Å². The van der Waals surface area contributed by atoms with Crippen molar-refractivity contribution in [2.75, 3.05) is 19.4 Å². The third kappa shape index (κ3) is 4.93. The van der Waals surface area contributed by atoms with Crippen LogP contribution in [0.15, 0.2) is 48.9 Å². The smallest absolute Gasteiger partial charge is 0.418 e. The predicted molar refractivity (Wildman–Crippen MR) is 125 cm³/mol. The lowest BCUT2D eigenvalue weighted by atomic mass is 10.1. The number of methoxy groups -OCH3 is 1. The van der Waals surface area contributed by atoms with Crippen LogP contribution in [-0.2, 0) is 6.18 Å². The molecule has 0 spiro atoms. The molecule has 4 rings (SSSR count). The monoisotopic (exact) mass is 518 g/mol. The number of hydrogen-bond donors (Lipinski definition) is 2. The fourth-order valence-electron chi connectivity index (χ4n) is 3.57. The minimum Gasteiger partial charge on any atom is -0.480 e. The zero-order valence-electron chi connectivity index (χ0n) is 18.6. The van der Waals surface area contributed by atoms with Crippen LogP contribution >= 0.6 is 11.6 Å². The maximum absolute atomic E-state index is 13.6. The zero-order valence-corrected chi connectivity index (χ0v) is 19.4. The summed E-state index contributed by atoms with van der Waals surface area (Å²) in [4.78, 5) is 32.9. The molecular weight excluding hydrogens is 501 g/mol. The van der Waals surface area contributed by atoms with Crippen molar-refractivity contribution in [3.8, 4) is 17.1 Å². The molecule has 0 unspecified atom stereocenters. The first-order chi connectivity index (χ1) is 17.1. The molecule has 0 aliphatic heterocycles. The van der Waals surface area contributed by atoms with Gasteiger partial charge in [-0.2, -0.15) is 18.3 Å². The third-order valence-electron chi connectivity index (χ3n) is 5.28. The van der Waals surface area contributed by atoms with Crippen molar-refractivity contribution in [2.24, 2.45) is 0 Å². The van der Waals surface area contributed by atoms with E-state index in [1.54, 1.807) is 24.3 Å². The molecule has 3 N–H and O–H groups in total. The molecule has 0 fully saturated rings. The van der Waals surface area contributed by atoms with Crippen molar-refractivity contribution in [1.29, 1.82) is 0 Å². The van der Waals surface area contributed by atoms with Crippen LogP contribution in [0.2, 0.25) is 5.02 Å². The van der Waals surface area contributed by atoms with Gasteiger partial charge in [0.25, 0.3) is 5.91 Å². The number of halogens is 4. The molecule has 0 saturated heterocycles. The van der Waals surface area contributed by atoms with Crippen LogP contribution in [0.5, 0.6) is 5.88 Å². The minimum absolute atomic E-state index is 0.00368. The molecule has 4 aromatic rings. The molecule has 9 nitrogen and oxygen atoms in total. The summed E-state index contributed by atoms with van der Waals surface area (Å²) in [6, 6.07) is 8.51. The first-order valence-electron chi connectivity index (χ1n) is 10.4. The Labute approximate surface area is 207 Å². The standard InChI is InChI=1S/C23H18ClF3N6O3/c1-36-22-15(21(35)29-7-6-18(34)12-2-4-14(24)5-3-12)8-13(10-30-22)17-9-16(23(25,26)27)19-20(28)31-11-32-33(17)19/h2-5,8-11H,6-7H2,1H3,(H,29,35)(H2,28,31,32). The number of carbonyl (C=O) groups excluding carboxylic acids is 2. The van der Waals surface area contributed by atoms with Crippen molar-refractivity contribution in [2.45, 2.75) is 12.6 Å². The second kappa shape index (κ2) is 9.82. The molecule has 0 aliphatic rings. The number of nitrogens with one attached hydrogen (secondary N) is 1. The van der Waals surface area contributed by atoms with E-state index in [1.165, 1.54) is 19.4 Å². The second-order valence-corrected chi connectivity index (χ2v) is 8.00. The number of benzene rings is 1. The van der Waals surface area contributed by atoms with Crippen LogP contribution in [-0.4, -0.2) is 44.9 Å². The van der Waals surface area contributed by atoms with E-state index >= 15 is 0 Å². The van der Waals surface area contributed by atoms with Crippen molar-refractivity contribution < 1.29 is 27.5 Å². The lowest BCUT2D eigenvalue weighted by Gasteiger charge is -2.10. The number of Topliss-reactive ketones (excluding diaryl/α,β-unsaturated/α-hetero) is 1. The number of fused-ring (bicyclic) bond motifs is 1. The van der Waals surface area contributed by atoms with Crippen LogP contribution in [0, 0.1) is 0 Å². The van der Waals surface area contributed by atoms with E-state index in [1.807, 2.05) is 0 Å². The van der Waals surface area contributed by atoms with Gasteiger partial charge in [0.1, 0.15) is 17.4 Å². The van der Waals surface area contributed by atoms with Gasteiger partial charge in [-0.1, -0.05) is 11.6 Å². The normalized spacial score (nSPS) is 11.5. The number of carbonyl (C=O) groups is 2. The lowest BCUT2D eigenvalue weighted by molar-refractivity contribution is -0.136. The number of nitrogens with zero attached hydrogens (tertiary/aromatic N) is 4. The summed E-state index contributed by atoms with van der Waals surface area (Å²) in [5.74, 6) is -1.24. The highest BCUT2D eigenvalue weighted by Crippen LogP contribution is 2.38. The summed E-state index contributed by atoms with van der Waals surface area (Å²) in [6.07, 6.45) is -2.44. The Morgan fingerprint density at radius 1 is 1.17 bits per heavy atom. The molecule has 3 heterocycles. The van der Waals surface area contributed by atoms with Crippen molar-refractivity contribution >= 4 is 34.6 Å². The fraction of sp³-hybridized carbons (Fsp3) is 0.174. The van der Waals surface area contributed by atoms with Gasteiger partial charge in [-0.15, -0.1) is 0 Å². The maximum atomic E-state index is 13.6. The van der Waals surface area contributed by atoms with Gasteiger partial charge >= 0.3 is 6.18 Å². The maximum Gasteiger partial charge on any atom is 0.418 e. The molecule has 0 atom stereocenters. The molecular formula is C23H18ClF3N6O3. The topological polar surface area (TPSA) is 124 Å². The molecule has 1 amide bonds. The van der Waals surface area contributed by atoms with Crippen LogP contribution in [0.3, 0.4) is 0 Å². The Morgan fingerprint density at radius 2 is 1.89 bits per heavy atom. The van der Waals surface area contributed by atoms with Crippen LogP contribution in [0.25, 0.3) is 16.8 Å². The average Bonchev–Trinajstić information content (AvgIpc) is 3.25. The van der Waals surface area contributed by atoms with E-state index in [-0.39, 0.29) is 47.3 Å². The molecule has 13 heteroatoms. The Hall–Kier alpha value is -4.19. The molecule has 36 heavy (non-hydrogen) atoms. The average molecular weight is 519 g/mol. The van der Waals surface area contributed by atoms with E-state index < -0.39 is 23.2 Å². The van der Waals surface area contributed by atoms with E-state index in [0.29, 0.717) is 10.6 Å². The summed E-state index contributed by atoms with van der Waals surface area (Å²) in [5, 5.41) is 6.99. The van der Waals surface area contributed by atoms with Gasteiger partial charge in [-0.25, -0.2) is 14.5 Å². The van der Waals surface area contributed by atoms with Crippen molar-refractivity contribution in [3.05, 3.63) is 70.6 Å². The predicted octanol–water partition coefficient (Wildman–Crippen LogP) is 4.06. The number of anilines is 1. The molecule has 0 aliphatic carbocycles. The summed E-state index contributed by atoms with van der Waals surface area (Å²) in [5.41, 5.74) is 4.80. The molecule has 0 bridgehead atoms. The van der Waals surface area contributed by atoms with Crippen LogP contribution in [0.4, 0.5) is 19.0 Å². The zero-order chi connectivity index (χ0) is 26.0. The number of alkyl halides is 3. The summed E-state index contributed by atoms with van der Waals surface area (Å²) >= 11 is 5.82. The van der Waals surface area contributed by atoms with Gasteiger partial charge in [-0.3, -0.25) is 9.59 Å². The highest BCUT2D eigenvalue weighted by Gasteiger charge is 2.36. The van der Waals surface area contributed by atoms with E-state index in [2.05, 4.69) is 20.4 Å². The number of hydrogen-bond acceptors (Lipinski definition) is 7. The van der Waals surface area contributed by atoms with E-state index in [0.717, 1.165) is 16.9 Å². The Bertz CT molecular complexity index is 1450. The molecule has 0 saturated carbocycles. The van der Waals surface area contributed by atoms with Gasteiger partial charge in [0.2, 0.25) is 5.88 Å². The minimum atomic E-state index is -4.72. The first-order valence-corrected chi connectivity index (χ1v) is 10.8. The summed E-state index contributed by atoms with van der Waals surface area (Å²) in [7, 11) is 1.30. The second-order valence-electron chi connectivity index (χ2n) is 7.56. The molecule has 186 valence electrons. The number of nitrogen functional groups attached to an aromatic ring is 1. The van der Waals surface area contributed by atoms with Crippen LogP contribution in [0.1, 0.15) is 32.7 Å². The number of ketones is 1. The third-order valence-corrected chi connectivity index (χ3v) is 5.53. The number of ether oxygens (including phenoxy) is 1. The SMILES string of the molecule is COc1ncc(-c2cc(C(F)(F)F)c3c(N)ncnn23)cc1C(=O)NCCC(=O)c1ccc(Cl)cc1. The highest BCUT2D eigenvalue weighted by atomic mass is 35.5. The number of aromatic nitrogens is 4. The van der Waals surface area contributed by atoms with Crippen molar-refractivity contribution in [3.63, 3.8) is 0 Å². The van der Waals surface area contributed by atoms with Gasteiger partial charge in [-0.05, 0) is 36.4 Å². The number of amides is 1. The fourth-order valence-corrected chi connectivity index (χ4v) is 3.70. The van der Waals surface area contributed by atoms with E-state index in [9.17, 15) is 22.8 Å². The summed E-state index contributed by atoms with van der Waals surface area (Å²) in [6.45, 7) is 0.00368.